The maximum atomic E-state index is 12.9. The molecule has 0 aromatic rings. The second-order valence-electron chi connectivity index (χ2n) is 19.0. The molecule has 0 bridgehead atoms. The summed E-state index contributed by atoms with van der Waals surface area (Å²) < 4.78 is 16.8. The van der Waals surface area contributed by atoms with Gasteiger partial charge in [-0.2, -0.15) is 0 Å². The van der Waals surface area contributed by atoms with Crippen molar-refractivity contribution in [1.82, 2.24) is 0 Å². The van der Waals surface area contributed by atoms with Gasteiger partial charge in [-0.05, 0) is 109 Å². The van der Waals surface area contributed by atoms with Crippen molar-refractivity contribution in [3.63, 3.8) is 0 Å². The molecule has 0 N–H and O–H groups in total. The lowest BCUT2D eigenvalue weighted by molar-refractivity contribution is -0.167. The van der Waals surface area contributed by atoms with Crippen LogP contribution in [0.1, 0.15) is 252 Å². The second-order valence-corrected chi connectivity index (χ2v) is 19.0. The van der Waals surface area contributed by atoms with Crippen LogP contribution in [0.4, 0.5) is 0 Å². The normalized spacial score (nSPS) is 13.0. The van der Waals surface area contributed by atoms with E-state index in [2.05, 4.69) is 142 Å². The molecule has 0 saturated carbocycles. The van der Waals surface area contributed by atoms with Crippen LogP contribution in [0.25, 0.3) is 0 Å². The van der Waals surface area contributed by atoms with Gasteiger partial charge in [-0.15, -0.1) is 0 Å². The van der Waals surface area contributed by atoms with Gasteiger partial charge in [0.2, 0.25) is 0 Å². The van der Waals surface area contributed by atoms with E-state index in [1.54, 1.807) is 0 Å². The number of esters is 3. The summed E-state index contributed by atoms with van der Waals surface area (Å²) in [4.78, 5) is 38.2. The molecule has 0 amide bonds. The number of unbranched alkanes of at least 4 members (excludes halogenated alkanes) is 24. The van der Waals surface area contributed by atoms with Crippen LogP contribution in [-0.2, 0) is 28.6 Å². The molecule has 71 heavy (non-hydrogen) atoms. The zero-order chi connectivity index (χ0) is 51.4. The first kappa shape index (κ1) is 66.8. The minimum absolute atomic E-state index is 0.117. The van der Waals surface area contributed by atoms with Crippen molar-refractivity contribution in [2.45, 2.75) is 258 Å². The first-order valence-corrected chi connectivity index (χ1v) is 29.1. The topological polar surface area (TPSA) is 78.9 Å². The van der Waals surface area contributed by atoms with Crippen LogP contribution in [0.3, 0.4) is 0 Å². The molecule has 6 nitrogen and oxygen atoms in total. The lowest BCUT2D eigenvalue weighted by atomic mass is 10.1. The average Bonchev–Trinajstić information content (AvgIpc) is 3.37. The predicted octanol–water partition coefficient (Wildman–Crippen LogP) is 19.6. The van der Waals surface area contributed by atoms with Crippen molar-refractivity contribution >= 4 is 17.9 Å². The molecule has 0 aliphatic heterocycles. The summed E-state index contributed by atoms with van der Waals surface area (Å²) in [6.45, 7) is 6.49. The van der Waals surface area contributed by atoms with Crippen molar-refractivity contribution in [2.24, 2.45) is 0 Å². The van der Waals surface area contributed by atoms with Crippen molar-refractivity contribution in [3.8, 4) is 0 Å². The lowest BCUT2D eigenvalue weighted by Gasteiger charge is -2.18. The minimum Gasteiger partial charge on any atom is -0.462 e. The molecule has 0 aromatic carbocycles. The molecule has 0 spiro atoms. The van der Waals surface area contributed by atoms with Crippen LogP contribution in [0, 0.1) is 0 Å². The first-order valence-electron chi connectivity index (χ1n) is 29.1. The van der Waals surface area contributed by atoms with Gasteiger partial charge in [-0.1, -0.05) is 245 Å². The number of hydrogen-bond donors (Lipinski definition) is 0. The minimum atomic E-state index is -0.823. The molecule has 0 saturated heterocycles. The van der Waals surface area contributed by atoms with Crippen molar-refractivity contribution in [3.05, 3.63) is 122 Å². The number of carbonyl (C=O) groups is 3. The fourth-order valence-corrected chi connectivity index (χ4v) is 7.61. The van der Waals surface area contributed by atoms with Crippen molar-refractivity contribution < 1.29 is 28.6 Å². The molecule has 0 radical (unpaired) electrons. The smallest absolute Gasteiger partial charge is 0.306 e. The van der Waals surface area contributed by atoms with Gasteiger partial charge in [0.25, 0.3) is 0 Å². The quantitative estimate of drug-likeness (QED) is 0.0199. The van der Waals surface area contributed by atoms with E-state index in [1.165, 1.54) is 96.3 Å². The Hall–Kier alpha value is -4.19. The van der Waals surface area contributed by atoms with Crippen molar-refractivity contribution in [1.29, 1.82) is 0 Å². The summed E-state index contributed by atoms with van der Waals surface area (Å²) >= 11 is 0. The zero-order valence-electron chi connectivity index (χ0n) is 45.9. The average molecular weight is 984 g/mol. The Morgan fingerprint density at radius 3 is 1.01 bits per heavy atom. The highest BCUT2D eigenvalue weighted by Gasteiger charge is 2.19. The Balaban J connectivity index is 4.57. The van der Waals surface area contributed by atoms with Crippen LogP contribution in [0.5, 0.6) is 0 Å². The molecule has 0 rings (SSSR count). The van der Waals surface area contributed by atoms with E-state index in [4.69, 9.17) is 14.2 Å². The molecule has 0 heterocycles. The molecule has 1 atom stereocenters. The van der Waals surface area contributed by atoms with Gasteiger partial charge >= 0.3 is 17.9 Å². The number of hydrogen-bond acceptors (Lipinski definition) is 6. The fraction of sp³-hybridized carbons (Fsp3) is 0.646. The van der Waals surface area contributed by atoms with E-state index >= 15 is 0 Å². The highest BCUT2D eigenvalue weighted by atomic mass is 16.6. The van der Waals surface area contributed by atoms with E-state index in [9.17, 15) is 14.4 Å². The molecule has 402 valence electrons. The Morgan fingerprint density at radius 2 is 0.577 bits per heavy atom. The summed E-state index contributed by atoms with van der Waals surface area (Å²) in [5.74, 6) is -1.01. The first-order chi connectivity index (χ1) is 35.0. The third-order valence-electron chi connectivity index (χ3n) is 12.0. The standard InChI is InChI=1S/C65H106O6/c1-4-7-10-13-16-19-22-25-28-31-34-37-40-43-46-49-52-55-58-64(67)70-61-62(60-69-63(66)57-54-51-48-45-42-39-36-33-30-27-24-21-18-15-12-9-6-3)71-65(68)59-56-53-50-47-44-41-38-35-32-29-26-23-20-17-14-11-8-5-2/h16,18-19,21-22,25,27-32,34-39,45,48,62H,4-15,17,20,23-24,26,33,40-44,46-47,49-61H2,1-3H3/b19-16-,21-18-,25-22-,30-27-,31-28-,32-29-,37-34-,38-35-,39-36-,48-45-. The third kappa shape index (κ3) is 56.6. The van der Waals surface area contributed by atoms with Gasteiger partial charge < -0.3 is 14.2 Å². The summed E-state index contributed by atoms with van der Waals surface area (Å²) in [5, 5.41) is 0. The van der Waals surface area contributed by atoms with Crippen LogP contribution < -0.4 is 0 Å². The molecule has 0 aliphatic rings. The summed E-state index contributed by atoms with van der Waals surface area (Å²) in [6.07, 6.45) is 80.4. The van der Waals surface area contributed by atoms with E-state index in [-0.39, 0.29) is 44.0 Å². The molecule has 1 unspecified atom stereocenters. The van der Waals surface area contributed by atoms with Gasteiger partial charge in [-0.25, -0.2) is 0 Å². The van der Waals surface area contributed by atoms with E-state index < -0.39 is 6.10 Å². The zero-order valence-corrected chi connectivity index (χ0v) is 45.9. The molecule has 6 heteroatoms. The fourth-order valence-electron chi connectivity index (χ4n) is 7.61. The SMILES string of the molecule is CCCCC\C=C/C=C\C=C/C=C\CCCCCCCC(=O)OCC(COC(=O)CCC/C=C\C/C=C\C/C=C\C/C=C\CCCCC)OC(=O)CCCCCCC/C=C\C=C/CCCCCCCCC. The lowest BCUT2D eigenvalue weighted by Crippen LogP contribution is -2.30. The Morgan fingerprint density at radius 1 is 0.296 bits per heavy atom. The van der Waals surface area contributed by atoms with E-state index in [0.717, 1.165) is 109 Å². The number of allylic oxidation sites excluding steroid dienone is 20. The van der Waals surface area contributed by atoms with Gasteiger partial charge in [0, 0.05) is 19.3 Å². The van der Waals surface area contributed by atoms with Crippen LogP contribution >= 0.6 is 0 Å². The van der Waals surface area contributed by atoms with Gasteiger partial charge in [-0.3, -0.25) is 14.4 Å². The molecule has 0 aliphatic carbocycles. The summed E-state index contributed by atoms with van der Waals surface area (Å²) in [5.41, 5.74) is 0. The molecular weight excluding hydrogens is 877 g/mol. The monoisotopic (exact) mass is 983 g/mol. The predicted molar refractivity (Wildman–Crippen MR) is 306 cm³/mol. The number of rotatable bonds is 51. The maximum absolute atomic E-state index is 12.9. The molecule has 0 fully saturated rings. The Bertz CT molecular complexity index is 1500. The van der Waals surface area contributed by atoms with Gasteiger partial charge in [0.15, 0.2) is 6.10 Å². The molecule has 0 aromatic heterocycles. The Labute approximate surface area is 437 Å². The highest BCUT2D eigenvalue weighted by Crippen LogP contribution is 2.13. The van der Waals surface area contributed by atoms with Gasteiger partial charge in [0.05, 0.1) is 0 Å². The maximum Gasteiger partial charge on any atom is 0.306 e. The van der Waals surface area contributed by atoms with Crippen molar-refractivity contribution in [2.75, 3.05) is 13.2 Å². The Kier molecular flexibility index (Phi) is 54.9. The summed E-state index contributed by atoms with van der Waals surface area (Å²) in [6, 6.07) is 0. The largest absolute Gasteiger partial charge is 0.462 e. The highest BCUT2D eigenvalue weighted by molar-refractivity contribution is 5.71. The van der Waals surface area contributed by atoms with E-state index in [1.807, 2.05) is 0 Å². The number of carbonyl (C=O) groups excluding carboxylic acids is 3. The molecular formula is C65H106O6. The second kappa shape index (κ2) is 58.4. The van der Waals surface area contributed by atoms with Crippen LogP contribution in [0.15, 0.2) is 122 Å². The van der Waals surface area contributed by atoms with E-state index in [0.29, 0.717) is 12.8 Å². The number of ether oxygens (including phenoxy) is 3. The summed E-state index contributed by atoms with van der Waals surface area (Å²) in [7, 11) is 0. The van der Waals surface area contributed by atoms with Gasteiger partial charge in [0.1, 0.15) is 13.2 Å². The van der Waals surface area contributed by atoms with Crippen LogP contribution in [0.2, 0.25) is 0 Å². The third-order valence-corrected chi connectivity index (χ3v) is 12.0. The van der Waals surface area contributed by atoms with Crippen LogP contribution in [-0.4, -0.2) is 37.2 Å².